The maximum Gasteiger partial charge on any atom is 0.412 e. The maximum atomic E-state index is 14.1. The highest BCUT2D eigenvalue weighted by Crippen LogP contribution is 2.39. The Morgan fingerprint density at radius 2 is 1.42 bits per heavy atom. The van der Waals surface area contributed by atoms with Crippen LogP contribution in [0.25, 0.3) is 22.6 Å². The van der Waals surface area contributed by atoms with Gasteiger partial charge in [-0.2, -0.15) is 0 Å². The molecular weight excluding hydrogens is 624 g/mol. The number of unbranched alkanes of at least 4 members (excludes halogenated alkanes) is 1. The van der Waals surface area contributed by atoms with E-state index in [2.05, 4.69) is 87.3 Å². The molecule has 0 aliphatic carbocycles. The molecule has 3 aromatic carbocycles. The Kier molecular flexibility index (Phi) is 12.2. The zero-order chi connectivity index (χ0) is 36.7. The van der Waals surface area contributed by atoms with Gasteiger partial charge in [0.25, 0.3) is 5.91 Å². The van der Waals surface area contributed by atoms with Crippen LogP contribution < -0.4 is 15.4 Å². The van der Waals surface area contributed by atoms with Crippen LogP contribution in [0.5, 0.6) is 5.75 Å². The highest BCUT2D eigenvalue weighted by molar-refractivity contribution is 5.98. The van der Waals surface area contributed by atoms with E-state index in [4.69, 9.17) is 9.47 Å². The summed E-state index contributed by atoms with van der Waals surface area (Å²) >= 11 is 0. The molecule has 1 atom stereocenters. The van der Waals surface area contributed by atoms with Gasteiger partial charge in [0, 0.05) is 16.7 Å². The number of aromatic nitrogens is 2. The van der Waals surface area contributed by atoms with Crippen LogP contribution in [0.15, 0.2) is 72.9 Å². The second kappa shape index (κ2) is 16.0. The summed E-state index contributed by atoms with van der Waals surface area (Å²) in [5.41, 5.74) is 5.09. The van der Waals surface area contributed by atoms with E-state index in [1.165, 1.54) is 5.56 Å². The monoisotopic (exact) mass is 680 g/mol. The first-order valence-corrected chi connectivity index (χ1v) is 17.9. The quantitative estimate of drug-likeness (QED) is 0.123. The average molecular weight is 681 g/mol. The Labute approximate surface area is 298 Å². The fourth-order valence-corrected chi connectivity index (χ4v) is 5.61. The second-order valence-electron chi connectivity index (χ2n) is 15.3. The summed E-state index contributed by atoms with van der Waals surface area (Å²) in [5, 5.41) is 6.02. The number of rotatable bonds is 14. The van der Waals surface area contributed by atoms with Crippen LogP contribution >= 0.6 is 0 Å². The number of aromatic amines is 1. The van der Waals surface area contributed by atoms with Gasteiger partial charge in [0.15, 0.2) is 6.10 Å². The first-order chi connectivity index (χ1) is 23.6. The molecule has 8 heteroatoms. The van der Waals surface area contributed by atoms with E-state index < -0.39 is 17.8 Å². The van der Waals surface area contributed by atoms with Gasteiger partial charge < -0.3 is 19.8 Å². The number of nitrogens with one attached hydrogen (secondary N) is 3. The van der Waals surface area contributed by atoms with Crippen molar-refractivity contribution in [3.05, 3.63) is 84.1 Å². The number of amides is 2. The number of para-hydroxylation sites is 2. The summed E-state index contributed by atoms with van der Waals surface area (Å²) in [6.45, 7) is 21.0. The fourth-order valence-electron chi connectivity index (χ4n) is 5.61. The zero-order valence-electron chi connectivity index (χ0n) is 31.6. The van der Waals surface area contributed by atoms with E-state index >= 15 is 0 Å². The molecule has 3 N–H and O–H groups in total. The first-order valence-electron chi connectivity index (χ1n) is 17.9. The molecule has 0 fully saturated rings. The van der Waals surface area contributed by atoms with E-state index in [0.29, 0.717) is 29.2 Å². The van der Waals surface area contributed by atoms with E-state index in [9.17, 15) is 9.59 Å². The van der Waals surface area contributed by atoms with Crippen LogP contribution in [-0.4, -0.2) is 33.7 Å². The van der Waals surface area contributed by atoms with Crippen molar-refractivity contribution in [1.82, 2.24) is 9.97 Å². The third-order valence-electron chi connectivity index (χ3n) is 9.51. The molecule has 2 amide bonds. The number of H-pyrrole nitrogens is 1. The van der Waals surface area contributed by atoms with E-state index in [-0.39, 0.29) is 16.7 Å². The number of carbonyl (C=O) groups excluding carboxylic acids is 2. The van der Waals surface area contributed by atoms with Gasteiger partial charge in [0.05, 0.1) is 23.3 Å². The minimum absolute atomic E-state index is 0.0308. The van der Waals surface area contributed by atoms with Crippen molar-refractivity contribution < 1.29 is 19.1 Å². The van der Waals surface area contributed by atoms with Crippen LogP contribution in [0.2, 0.25) is 0 Å². The summed E-state index contributed by atoms with van der Waals surface area (Å²) in [5.74, 6) is 1.13. The predicted octanol–water partition coefficient (Wildman–Crippen LogP) is 11.0. The molecular formula is C42H56N4O4. The topological polar surface area (TPSA) is 105 Å². The van der Waals surface area contributed by atoms with Gasteiger partial charge in [-0.25, -0.2) is 9.78 Å². The van der Waals surface area contributed by atoms with Crippen LogP contribution in [0.1, 0.15) is 112 Å². The Balaban J connectivity index is 1.62. The predicted molar refractivity (Wildman–Crippen MR) is 205 cm³/mol. The second-order valence-corrected chi connectivity index (χ2v) is 15.3. The molecule has 0 bridgehead atoms. The first kappa shape index (κ1) is 38.2. The minimum Gasteiger partial charge on any atom is -0.480 e. The molecule has 8 nitrogen and oxygen atoms in total. The van der Waals surface area contributed by atoms with E-state index in [1.54, 1.807) is 12.3 Å². The van der Waals surface area contributed by atoms with Crippen molar-refractivity contribution in [2.75, 3.05) is 10.6 Å². The molecule has 0 aliphatic heterocycles. The summed E-state index contributed by atoms with van der Waals surface area (Å²) in [6.07, 6.45) is 4.86. The number of imidazole rings is 1. The molecule has 268 valence electrons. The molecule has 1 aromatic heterocycles. The lowest BCUT2D eigenvalue weighted by Crippen LogP contribution is -2.34. The summed E-state index contributed by atoms with van der Waals surface area (Å²) in [6, 6.07) is 21.5. The van der Waals surface area contributed by atoms with Crippen molar-refractivity contribution in [1.29, 1.82) is 0 Å². The molecule has 1 heterocycles. The Bertz CT molecular complexity index is 1770. The summed E-state index contributed by atoms with van der Waals surface area (Å²) in [7, 11) is 0. The normalized spacial score (nSPS) is 12.7. The fraction of sp³-hybridized carbons (Fsp3) is 0.452. The zero-order valence-corrected chi connectivity index (χ0v) is 31.6. The highest BCUT2D eigenvalue weighted by atomic mass is 16.6. The van der Waals surface area contributed by atoms with Crippen molar-refractivity contribution in [3.63, 3.8) is 0 Å². The van der Waals surface area contributed by atoms with Gasteiger partial charge >= 0.3 is 6.09 Å². The van der Waals surface area contributed by atoms with Gasteiger partial charge in [-0.3, -0.25) is 10.1 Å². The van der Waals surface area contributed by atoms with Crippen molar-refractivity contribution in [2.24, 2.45) is 0 Å². The lowest BCUT2D eigenvalue weighted by atomic mass is 9.76. The van der Waals surface area contributed by atoms with Gasteiger partial charge in [-0.05, 0) is 87.1 Å². The minimum atomic E-state index is -0.678. The summed E-state index contributed by atoms with van der Waals surface area (Å²) < 4.78 is 12.1. The lowest BCUT2D eigenvalue weighted by Gasteiger charge is -2.31. The third kappa shape index (κ3) is 9.55. The van der Waals surface area contributed by atoms with Gasteiger partial charge in [-0.1, -0.05) is 97.4 Å². The Morgan fingerprint density at radius 1 is 0.800 bits per heavy atom. The number of carbonyl (C=O) groups is 2. The molecule has 1 unspecified atom stereocenters. The van der Waals surface area contributed by atoms with Crippen LogP contribution in [0.3, 0.4) is 0 Å². The molecule has 4 aromatic rings. The van der Waals surface area contributed by atoms with Gasteiger partial charge in [0.1, 0.15) is 17.2 Å². The van der Waals surface area contributed by atoms with Crippen molar-refractivity contribution in [3.8, 4) is 28.4 Å². The molecule has 0 saturated carbocycles. The highest BCUT2D eigenvalue weighted by Gasteiger charge is 2.30. The molecule has 0 radical (unpaired) electrons. The van der Waals surface area contributed by atoms with Crippen LogP contribution in [0.4, 0.5) is 16.2 Å². The van der Waals surface area contributed by atoms with Crippen LogP contribution in [0, 0.1) is 0 Å². The summed E-state index contributed by atoms with van der Waals surface area (Å²) in [4.78, 5) is 34.7. The molecule has 50 heavy (non-hydrogen) atoms. The Morgan fingerprint density at radius 3 is 2.04 bits per heavy atom. The van der Waals surface area contributed by atoms with E-state index in [1.807, 2.05) is 63.2 Å². The number of nitrogens with zero attached hydrogens (tertiary/aromatic N) is 1. The largest absolute Gasteiger partial charge is 0.480 e. The van der Waals surface area contributed by atoms with Crippen LogP contribution in [-0.2, 0) is 20.4 Å². The number of benzene rings is 3. The molecule has 0 aliphatic rings. The molecule has 0 spiro atoms. The average Bonchev–Trinajstić information content (AvgIpc) is 3.56. The number of hydrogen-bond donors (Lipinski definition) is 3. The van der Waals surface area contributed by atoms with Crippen molar-refractivity contribution >= 4 is 23.4 Å². The van der Waals surface area contributed by atoms with E-state index in [0.717, 1.165) is 48.3 Å². The van der Waals surface area contributed by atoms with Gasteiger partial charge in [0.2, 0.25) is 0 Å². The Hall–Kier alpha value is -4.59. The molecule has 4 rings (SSSR count). The number of hydrogen-bond acceptors (Lipinski definition) is 5. The number of ether oxygens (including phenoxy) is 2. The number of anilines is 2. The smallest absolute Gasteiger partial charge is 0.412 e. The SMILES string of the molecule is CCCCC(Oc1ccc(C(C)(C)CC)cc1C(C)(C)CC)C(=O)Nc1ccccc1-c1cnc(-c2ccccc2NC(=O)OC(C)(C)C)[nH]1. The van der Waals surface area contributed by atoms with Gasteiger partial charge in [-0.15, -0.1) is 0 Å². The van der Waals surface area contributed by atoms with Crippen molar-refractivity contribution in [2.45, 2.75) is 124 Å². The molecule has 0 saturated heterocycles. The maximum absolute atomic E-state index is 14.1. The lowest BCUT2D eigenvalue weighted by molar-refractivity contribution is -0.123. The standard InChI is InChI=1S/C42H56N4O4/c1-11-14-23-36(49-35-25-24-28(41(7,8)12-2)26-31(35)42(9,10)13-3)38(47)45-32-21-17-15-19-29(32)34-27-43-37(44-34)30-20-16-18-22-33(30)46-39(48)50-40(4,5)6/h15-22,24-27,36H,11-14,23H2,1-10H3,(H,43,44)(H,45,47)(H,46,48). The third-order valence-corrected chi connectivity index (χ3v) is 9.51.